The van der Waals surface area contributed by atoms with E-state index in [9.17, 15) is 9.50 Å². The van der Waals surface area contributed by atoms with Crippen molar-refractivity contribution in [3.63, 3.8) is 0 Å². The minimum absolute atomic E-state index is 0.0573. The summed E-state index contributed by atoms with van der Waals surface area (Å²) in [5.74, 6) is -0.856. The summed E-state index contributed by atoms with van der Waals surface area (Å²) in [4.78, 5) is 0. The van der Waals surface area contributed by atoms with Crippen LogP contribution in [0, 0.1) is 5.82 Å². The molecule has 2 rings (SSSR count). The van der Waals surface area contributed by atoms with Gasteiger partial charge in [0.05, 0.1) is 14.2 Å². The molecule has 1 saturated heterocycles. The quantitative estimate of drug-likeness (QED) is 0.862. The zero-order valence-corrected chi connectivity index (χ0v) is 10.6. The first kappa shape index (κ1) is 13.0. The lowest BCUT2D eigenvalue weighted by molar-refractivity contribution is 0.323. The van der Waals surface area contributed by atoms with E-state index in [4.69, 9.17) is 9.47 Å². The molecule has 2 N–H and O–H groups in total. The molecule has 1 heterocycles. The molecule has 1 aromatic rings. The molecule has 1 aromatic carbocycles. The Kier molecular flexibility index (Phi) is 3.91. The Morgan fingerprint density at radius 3 is 2.78 bits per heavy atom. The molecule has 1 unspecified atom stereocenters. The summed E-state index contributed by atoms with van der Waals surface area (Å²) in [6, 6.07) is 1.92. The molecule has 1 aliphatic heterocycles. The molecule has 0 amide bonds. The molecule has 0 aliphatic carbocycles. The maximum absolute atomic E-state index is 13.9. The van der Waals surface area contributed by atoms with E-state index >= 15 is 0 Å². The lowest BCUT2D eigenvalue weighted by Crippen LogP contribution is -2.23. The van der Waals surface area contributed by atoms with Gasteiger partial charge in [-0.3, -0.25) is 0 Å². The number of methoxy groups -OCH3 is 2. The lowest BCUT2D eigenvalue weighted by Gasteiger charge is -2.15. The number of phenols is 1. The first-order chi connectivity index (χ1) is 8.67. The summed E-state index contributed by atoms with van der Waals surface area (Å²) in [5, 5.41) is 13.2. The van der Waals surface area contributed by atoms with Crippen LogP contribution in [0.15, 0.2) is 6.07 Å². The second kappa shape index (κ2) is 5.44. The number of nitrogens with one attached hydrogen (secondary N) is 1. The standard InChI is InChI=1S/C13H18FNO3/c1-17-10-7-8(6-9-4-3-5-15-9)12(16)11(14)13(10)18-2/h7,9,15-16H,3-6H2,1-2H3. The maximum atomic E-state index is 13.9. The Labute approximate surface area is 106 Å². The number of phenolic OH excluding ortho intramolecular Hbond substituents is 1. The summed E-state index contributed by atoms with van der Waals surface area (Å²) in [6.07, 6.45) is 2.74. The normalized spacial score (nSPS) is 18.9. The molecule has 0 aromatic heterocycles. The van der Waals surface area contributed by atoms with Crippen molar-refractivity contribution in [1.29, 1.82) is 0 Å². The van der Waals surface area contributed by atoms with Gasteiger partial charge >= 0.3 is 0 Å². The third-order valence-electron chi connectivity index (χ3n) is 3.29. The van der Waals surface area contributed by atoms with Crippen LogP contribution in [0.2, 0.25) is 0 Å². The molecule has 100 valence electrons. The van der Waals surface area contributed by atoms with E-state index in [1.165, 1.54) is 14.2 Å². The zero-order chi connectivity index (χ0) is 13.1. The number of halogens is 1. The van der Waals surface area contributed by atoms with Crippen LogP contribution < -0.4 is 14.8 Å². The molecule has 0 bridgehead atoms. The number of benzene rings is 1. The number of aromatic hydroxyl groups is 1. The molecule has 0 radical (unpaired) electrons. The van der Waals surface area contributed by atoms with Gasteiger partial charge in [0, 0.05) is 11.6 Å². The highest BCUT2D eigenvalue weighted by Crippen LogP contribution is 2.38. The lowest BCUT2D eigenvalue weighted by atomic mass is 10.0. The summed E-state index contributed by atoms with van der Waals surface area (Å²) in [6.45, 7) is 0.973. The zero-order valence-electron chi connectivity index (χ0n) is 10.6. The third-order valence-corrected chi connectivity index (χ3v) is 3.29. The smallest absolute Gasteiger partial charge is 0.210 e. The van der Waals surface area contributed by atoms with Gasteiger partial charge in [0.1, 0.15) is 0 Å². The van der Waals surface area contributed by atoms with E-state index in [0.29, 0.717) is 17.7 Å². The second-order valence-electron chi connectivity index (χ2n) is 4.43. The van der Waals surface area contributed by atoms with Crippen LogP contribution in [-0.2, 0) is 6.42 Å². The fourth-order valence-electron chi connectivity index (χ4n) is 2.34. The number of rotatable bonds is 4. The Hall–Kier alpha value is -1.49. The van der Waals surface area contributed by atoms with Crippen LogP contribution in [0.4, 0.5) is 4.39 Å². The van der Waals surface area contributed by atoms with Crippen LogP contribution >= 0.6 is 0 Å². The van der Waals surface area contributed by atoms with E-state index in [0.717, 1.165) is 19.4 Å². The highest BCUT2D eigenvalue weighted by atomic mass is 19.1. The van der Waals surface area contributed by atoms with Crippen molar-refractivity contribution < 1.29 is 19.0 Å². The fraction of sp³-hybridized carbons (Fsp3) is 0.538. The average molecular weight is 255 g/mol. The van der Waals surface area contributed by atoms with Gasteiger partial charge in [0.2, 0.25) is 11.6 Å². The van der Waals surface area contributed by atoms with Gasteiger partial charge in [-0.2, -0.15) is 4.39 Å². The highest BCUT2D eigenvalue weighted by Gasteiger charge is 2.22. The monoisotopic (exact) mass is 255 g/mol. The molecule has 0 spiro atoms. The van der Waals surface area contributed by atoms with Crippen LogP contribution in [0.3, 0.4) is 0 Å². The Bertz CT molecular complexity index is 431. The van der Waals surface area contributed by atoms with Gasteiger partial charge in [-0.1, -0.05) is 0 Å². The molecule has 4 nitrogen and oxygen atoms in total. The molecular weight excluding hydrogens is 237 g/mol. The van der Waals surface area contributed by atoms with Gasteiger partial charge in [-0.15, -0.1) is 0 Å². The van der Waals surface area contributed by atoms with Gasteiger partial charge in [-0.25, -0.2) is 0 Å². The van der Waals surface area contributed by atoms with E-state index in [1.54, 1.807) is 6.07 Å². The van der Waals surface area contributed by atoms with Crippen LogP contribution in [-0.4, -0.2) is 31.9 Å². The van der Waals surface area contributed by atoms with Crippen molar-refractivity contribution in [3.8, 4) is 17.2 Å². The van der Waals surface area contributed by atoms with E-state index in [-0.39, 0.29) is 17.5 Å². The van der Waals surface area contributed by atoms with Crippen molar-refractivity contribution in [1.82, 2.24) is 5.32 Å². The van der Waals surface area contributed by atoms with Gasteiger partial charge in [0.15, 0.2) is 11.5 Å². The van der Waals surface area contributed by atoms with E-state index in [2.05, 4.69) is 5.32 Å². The largest absolute Gasteiger partial charge is 0.505 e. The van der Waals surface area contributed by atoms with Crippen molar-refractivity contribution >= 4 is 0 Å². The summed E-state index contributed by atoms with van der Waals surface area (Å²) in [5.41, 5.74) is 0.546. The van der Waals surface area contributed by atoms with Crippen LogP contribution in [0.5, 0.6) is 17.2 Å². The van der Waals surface area contributed by atoms with Crippen LogP contribution in [0.1, 0.15) is 18.4 Å². The summed E-state index contributed by atoms with van der Waals surface area (Å²) >= 11 is 0. The number of ether oxygens (including phenoxy) is 2. The molecule has 5 heteroatoms. The predicted octanol–water partition coefficient (Wildman–Crippen LogP) is 1.84. The highest BCUT2D eigenvalue weighted by molar-refractivity contribution is 5.51. The predicted molar refractivity (Wildman–Crippen MR) is 65.9 cm³/mol. The van der Waals surface area contributed by atoms with Crippen molar-refractivity contribution in [3.05, 3.63) is 17.4 Å². The topological polar surface area (TPSA) is 50.7 Å². The van der Waals surface area contributed by atoms with E-state index in [1.807, 2.05) is 0 Å². The Morgan fingerprint density at radius 2 is 2.22 bits per heavy atom. The maximum Gasteiger partial charge on any atom is 0.210 e. The minimum atomic E-state index is -0.759. The molecule has 1 aliphatic rings. The number of hydrogen-bond donors (Lipinski definition) is 2. The molecule has 1 fully saturated rings. The second-order valence-corrected chi connectivity index (χ2v) is 4.43. The SMILES string of the molecule is COc1cc(CC2CCCN2)c(O)c(F)c1OC. The first-order valence-electron chi connectivity index (χ1n) is 6.03. The third kappa shape index (κ3) is 2.36. The average Bonchev–Trinajstić information content (AvgIpc) is 2.87. The first-order valence-corrected chi connectivity index (χ1v) is 6.03. The Morgan fingerprint density at radius 1 is 1.44 bits per heavy atom. The summed E-state index contributed by atoms with van der Waals surface area (Å²) < 4.78 is 23.9. The van der Waals surface area contributed by atoms with Crippen molar-refractivity contribution in [2.75, 3.05) is 20.8 Å². The Balaban J connectivity index is 2.32. The van der Waals surface area contributed by atoms with Gasteiger partial charge in [-0.05, 0) is 31.9 Å². The van der Waals surface area contributed by atoms with Crippen molar-refractivity contribution in [2.45, 2.75) is 25.3 Å². The fourth-order valence-corrected chi connectivity index (χ4v) is 2.34. The molecular formula is C13H18FNO3. The molecule has 1 atom stereocenters. The molecule has 18 heavy (non-hydrogen) atoms. The number of hydrogen-bond acceptors (Lipinski definition) is 4. The van der Waals surface area contributed by atoms with Crippen molar-refractivity contribution in [2.24, 2.45) is 0 Å². The molecule has 0 saturated carbocycles. The van der Waals surface area contributed by atoms with Gasteiger partial charge in [0.25, 0.3) is 0 Å². The van der Waals surface area contributed by atoms with Crippen LogP contribution in [0.25, 0.3) is 0 Å². The summed E-state index contributed by atoms with van der Waals surface area (Å²) in [7, 11) is 2.80. The van der Waals surface area contributed by atoms with Gasteiger partial charge < -0.3 is 19.9 Å². The van der Waals surface area contributed by atoms with E-state index < -0.39 is 5.82 Å². The minimum Gasteiger partial charge on any atom is -0.505 e.